The van der Waals surface area contributed by atoms with Gasteiger partial charge in [-0.05, 0) is 30.9 Å². The minimum atomic E-state index is -5.19. The summed E-state index contributed by atoms with van der Waals surface area (Å²) in [4.78, 5) is 48.4. The first kappa shape index (κ1) is 27.9. The summed E-state index contributed by atoms with van der Waals surface area (Å²) in [6, 6.07) is 1.92. The third-order valence-electron chi connectivity index (χ3n) is 7.14. The topological polar surface area (TPSA) is 122 Å². The van der Waals surface area contributed by atoms with E-state index in [0.29, 0.717) is 84.2 Å². The number of carbonyl (C=O) groups is 3. The molecule has 11 nitrogen and oxygen atoms in total. The second-order valence-corrected chi connectivity index (χ2v) is 9.88. The van der Waals surface area contributed by atoms with Gasteiger partial charge in [-0.25, -0.2) is 9.78 Å². The Balaban J connectivity index is 1.51. The van der Waals surface area contributed by atoms with Crippen molar-refractivity contribution in [3.63, 3.8) is 0 Å². The summed E-state index contributed by atoms with van der Waals surface area (Å²) >= 11 is 0. The minimum absolute atomic E-state index is 0.0290. The lowest BCUT2D eigenvalue weighted by molar-refractivity contribution is -0.189. The highest BCUT2D eigenvalue weighted by Gasteiger charge is 2.43. The lowest BCUT2D eigenvalue weighted by Crippen LogP contribution is -2.52. The van der Waals surface area contributed by atoms with E-state index in [1.54, 1.807) is 4.90 Å². The molecule has 4 heterocycles. The predicted octanol–water partition coefficient (Wildman–Crippen LogP) is 0.620. The van der Waals surface area contributed by atoms with Crippen LogP contribution in [0.15, 0.2) is 12.1 Å². The molecule has 3 aliphatic rings. The lowest BCUT2D eigenvalue weighted by atomic mass is 9.92. The van der Waals surface area contributed by atoms with Crippen molar-refractivity contribution in [2.45, 2.75) is 32.0 Å². The van der Waals surface area contributed by atoms with Crippen molar-refractivity contribution in [2.24, 2.45) is 11.7 Å². The van der Waals surface area contributed by atoms with Crippen LogP contribution in [-0.4, -0.2) is 110 Å². The van der Waals surface area contributed by atoms with E-state index >= 15 is 0 Å². The van der Waals surface area contributed by atoms with Gasteiger partial charge >= 0.3 is 12.1 Å². The lowest BCUT2D eigenvalue weighted by Gasteiger charge is -2.39. The van der Waals surface area contributed by atoms with Gasteiger partial charge in [0.05, 0.1) is 19.8 Å². The summed E-state index contributed by atoms with van der Waals surface area (Å²) < 4.78 is 48.9. The van der Waals surface area contributed by atoms with Crippen LogP contribution in [0.1, 0.15) is 19.8 Å². The van der Waals surface area contributed by atoms with E-state index in [1.165, 1.54) is 17.0 Å². The van der Waals surface area contributed by atoms with E-state index in [9.17, 15) is 27.6 Å². The number of alkyl halides is 3. The van der Waals surface area contributed by atoms with E-state index in [2.05, 4.69) is 14.6 Å². The van der Waals surface area contributed by atoms with Crippen molar-refractivity contribution in [3.8, 4) is 5.75 Å². The van der Waals surface area contributed by atoms with Gasteiger partial charge in [-0.1, -0.05) is 6.92 Å². The maximum Gasteiger partial charge on any atom is 0.491 e. The Morgan fingerprint density at radius 2 is 1.76 bits per heavy atom. The third kappa shape index (κ3) is 6.65. The number of morpholine rings is 1. The molecule has 38 heavy (non-hydrogen) atoms. The Labute approximate surface area is 218 Å². The molecular formula is C24H33F3N6O5. The Hall–Kier alpha value is -3.13. The van der Waals surface area contributed by atoms with Crippen LogP contribution in [-0.2, 0) is 19.1 Å². The van der Waals surface area contributed by atoms with E-state index < -0.39 is 29.8 Å². The van der Waals surface area contributed by atoms with Crippen LogP contribution in [0.5, 0.6) is 5.75 Å². The molecule has 2 atom stereocenters. The maximum absolute atomic E-state index is 13.0. The molecule has 0 aliphatic carbocycles. The number of hydrogen-bond donors (Lipinski definition) is 1. The standard InChI is InChI=1S/C24H33F3N6O5/c1-16-4-5-33(17(14-16)21(28)35)22-18(38-23(36)24(25,26)27)2-3-19(29-22)31-6-8-32(9-7-31)20(34)15-30-10-12-37-13-11-30/h2-3,16-17H,4-15H2,1H3,(H2,28,35). The summed E-state index contributed by atoms with van der Waals surface area (Å²) in [6.45, 7) is 7.06. The monoisotopic (exact) mass is 542 g/mol. The number of halogens is 3. The highest BCUT2D eigenvalue weighted by Crippen LogP contribution is 2.36. The van der Waals surface area contributed by atoms with Crippen molar-refractivity contribution in [2.75, 3.05) is 75.4 Å². The van der Waals surface area contributed by atoms with Gasteiger partial charge in [-0.2, -0.15) is 13.2 Å². The first-order valence-corrected chi connectivity index (χ1v) is 12.7. The Morgan fingerprint density at radius 3 is 2.39 bits per heavy atom. The molecule has 1 aromatic rings. The SMILES string of the molecule is CC1CCN(c2nc(N3CCN(C(=O)CN4CCOCC4)CC3)ccc2OC(=O)C(F)(F)F)C(C(N)=O)C1. The normalized spacial score (nSPS) is 23.3. The molecule has 1 aromatic heterocycles. The number of aromatic nitrogens is 1. The zero-order chi connectivity index (χ0) is 27.4. The number of esters is 1. The molecule has 2 amide bonds. The minimum Gasteiger partial charge on any atom is -0.416 e. The maximum atomic E-state index is 13.0. The smallest absolute Gasteiger partial charge is 0.416 e. The van der Waals surface area contributed by atoms with Crippen molar-refractivity contribution in [1.29, 1.82) is 0 Å². The van der Waals surface area contributed by atoms with Crippen molar-refractivity contribution >= 4 is 29.4 Å². The summed E-state index contributed by atoms with van der Waals surface area (Å²) in [5.74, 6) is -2.80. The Morgan fingerprint density at radius 1 is 1.08 bits per heavy atom. The third-order valence-corrected chi connectivity index (χ3v) is 7.14. The number of carbonyl (C=O) groups excluding carboxylic acids is 3. The molecule has 0 bridgehead atoms. The van der Waals surface area contributed by atoms with E-state index in [1.807, 2.05) is 11.8 Å². The summed E-state index contributed by atoms with van der Waals surface area (Å²) in [6.07, 6.45) is -4.14. The Bertz CT molecular complexity index is 1030. The van der Waals surface area contributed by atoms with Crippen LogP contribution in [0.4, 0.5) is 24.8 Å². The zero-order valence-electron chi connectivity index (χ0n) is 21.3. The zero-order valence-corrected chi connectivity index (χ0v) is 21.3. The summed E-state index contributed by atoms with van der Waals surface area (Å²) in [7, 11) is 0. The number of ether oxygens (including phenoxy) is 2. The molecule has 0 saturated carbocycles. The van der Waals surface area contributed by atoms with Crippen LogP contribution >= 0.6 is 0 Å². The number of piperidine rings is 1. The predicted molar refractivity (Wildman–Crippen MR) is 131 cm³/mol. The van der Waals surface area contributed by atoms with E-state index in [0.717, 1.165) is 0 Å². The van der Waals surface area contributed by atoms with Crippen molar-refractivity contribution in [3.05, 3.63) is 12.1 Å². The van der Waals surface area contributed by atoms with Gasteiger partial charge in [0.1, 0.15) is 11.9 Å². The van der Waals surface area contributed by atoms with Crippen LogP contribution in [0.2, 0.25) is 0 Å². The first-order valence-electron chi connectivity index (χ1n) is 12.7. The van der Waals surface area contributed by atoms with Crippen molar-refractivity contribution < 1.29 is 37.0 Å². The van der Waals surface area contributed by atoms with Crippen LogP contribution in [0.3, 0.4) is 0 Å². The molecule has 2 unspecified atom stereocenters. The molecule has 3 aliphatic heterocycles. The van der Waals surface area contributed by atoms with E-state index in [-0.39, 0.29) is 17.6 Å². The molecule has 14 heteroatoms. The average Bonchev–Trinajstić information content (AvgIpc) is 2.89. The fourth-order valence-electron chi connectivity index (χ4n) is 4.95. The van der Waals surface area contributed by atoms with Crippen LogP contribution in [0, 0.1) is 5.92 Å². The number of hydrogen-bond acceptors (Lipinski definition) is 9. The van der Waals surface area contributed by atoms with E-state index in [4.69, 9.17) is 10.5 Å². The number of pyridine rings is 1. The number of nitrogens with zero attached hydrogens (tertiary/aromatic N) is 5. The van der Waals surface area contributed by atoms with Gasteiger partial charge in [-0.3, -0.25) is 14.5 Å². The van der Waals surface area contributed by atoms with Gasteiger partial charge in [0.25, 0.3) is 0 Å². The molecular weight excluding hydrogens is 509 g/mol. The number of rotatable bonds is 6. The highest BCUT2D eigenvalue weighted by atomic mass is 19.4. The van der Waals surface area contributed by atoms with Gasteiger partial charge in [0.2, 0.25) is 11.8 Å². The fraction of sp³-hybridized carbons (Fsp3) is 0.667. The second kappa shape index (κ2) is 11.7. The fourth-order valence-corrected chi connectivity index (χ4v) is 4.95. The average molecular weight is 543 g/mol. The van der Waals surface area contributed by atoms with Gasteiger partial charge in [0, 0.05) is 45.8 Å². The summed E-state index contributed by atoms with van der Waals surface area (Å²) in [5, 5.41) is 0. The molecule has 0 aromatic carbocycles. The molecule has 4 rings (SSSR count). The highest BCUT2D eigenvalue weighted by molar-refractivity contribution is 5.85. The van der Waals surface area contributed by atoms with Crippen LogP contribution < -0.4 is 20.3 Å². The number of amides is 2. The number of piperazine rings is 1. The molecule has 210 valence electrons. The number of primary amides is 1. The molecule has 0 radical (unpaired) electrons. The molecule has 0 spiro atoms. The quantitative estimate of drug-likeness (QED) is 0.516. The second-order valence-electron chi connectivity index (χ2n) is 9.88. The largest absolute Gasteiger partial charge is 0.491 e. The van der Waals surface area contributed by atoms with Gasteiger partial charge in [-0.15, -0.1) is 0 Å². The summed E-state index contributed by atoms with van der Waals surface area (Å²) in [5.41, 5.74) is 5.61. The number of nitrogens with two attached hydrogens (primary N) is 1. The molecule has 3 saturated heterocycles. The first-order chi connectivity index (χ1) is 18.0. The van der Waals surface area contributed by atoms with Gasteiger partial charge in [0.15, 0.2) is 11.6 Å². The van der Waals surface area contributed by atoms with Crippen molar-refractivity contribution in [1.82, 2.24) is 14.8 Å². The molecule has 2 N–H and O–H groups in total. The van der Waals surface area contributed by atoms with Gasteiger partial charge < -0.3 is 29.9 Å². The molecule has 3 fully saturated rings. The Kier molecular flexibility index (Phi) is 8.61. The number of anilines is 2. The van der Waals surface area contributed by atoms with Crippen LogP contribution in [0.25, 0.3) is 0 Å².